The van der Waals surface area contributed by atoms with Gasteiger partial charge in [-0.05, 0) is 44.2 Å². The molecule has 24 heavy (non-hydrogen) atoms. The minimum absolute atomic E-state index is 0.174. The first-order valence-electron chi connectivity index (χ1n) is 7.53. The fraction of sp³-hybridized carbons (Fsp3) is 0.353. The lowest BCUT2D eigenvalue weighted by Gasteiger charge is -2.11. The number of carbonyl (C=O) groups is 1. The molecule has 0 radical (unpaired) electrons. The average molecular weight is 347 g/mol. The number of hydrogen-bond donors (Lipinski definition) is 2. The van der Waals surface area contributed by atoms with Crippen molar-refractivity contribution in [1.29, 1.82) is 0 Å². The number of rotatable bonds is 6. The molecular weight excluding hydrogens is 326 g/mol. The smallest absolute Gasteiger partial charge is 0.254 e. The van der Waals surface area contributed by atoms with E-state index in [2.05, 4.69) is 15.3 Å². The molecule has 0 unspecified atom stereocenters. The summed E-state index contributed by atoms with van der Waals surface area (Å²) in [5.41, 5.74) is 2.66. The molecule has 1 aromatic carbocycles. The van der Waals surface area contributed by atoms with Crippen LogP contribution in [0.25, 0.3) is 0 Å². The van der Waals surface area contributed by atoms with Crippen molar-refractivity contribution in [3.63, 3.8) is 0 Å². The molecule has 0 aliphatic rings. The fourth-order valence-corrected chi connectivity index (χ4v) is 2.77. The lowest BCUT2D eigenvalue weighted by atomic mass is 10.1. The first-order chi connectivity index (χ1) is 11.4. The number of carbonyl (C=O) groups excluding carboxylic acids is 1. The Hall–Kier alpha value is -2.28. The van der Waals surface area contributed by atoms with E-state index in [1.165, 1.54) is 11.8 Å². The van der Waals surface area contributed by atoms with Gasteiger partial charge in [-0.15, -0.1) is 0 Å². The van der Waals surface area contributed by atoms with E-state index in [-0.39, 0.29) is 17.9 Å². The van der Waals surface area contributed by atoms with Gasteiger partial charge in [0.25, 0.3) is 5.56 Å². The van der Waals surface area contributed by atoms with Crippen molar-refractivity contribution in [2.24, 2.45) is 0 Å². The third-order valence-corrected chi connectivity index (χ3v) is 4.21. The Labute approximate surface area is 145 Å². The Kier molecular flexibility index (Phi) is 6.03. The van der Waals surface area contributed by atoms with E-state index < -0.39 is 0 Å². The van der Waals surface area contributed by atoms with Crippen LogP contribution < -0.4 is 15.6 Å². The summed E-state index contributed by atoms with van der Waals surface area (Å²) in [6, 6.07) is 5.57. The Morgan fingerprint density at radius 1 is 1.38 bits per heavy atom. The Morgan fingerprint density at radius 2 is 2.12 bits per heavy atom. The molecule has 1 amide bonds. The van der Waals surface area contributed by atoms with Gasteiger partial charge in [-0.3, -0.25) is 9.59 Å². The van der Waals surface area contributed by atoms with Crippen LogP contribution in [0.1, 0.15) is 23.2 Å². The van der Waals surface area contributed by atoms with Gasteiger partial charge in [-0.2, -0.15) is 0 Å². The molecule has 7 heteroatoms. The fourth-order valence-electron chi connectivity index (χ4n) is 2.35. The molecule has 128 valence electrons. The van der Waals surface area contributed by atoms with Crippen molar-refractivity contribution < 1.29 is 9.53 Å². The summed E-state index contributed by atoms with van der Waals surface area (Å²) in [6.45, 7) is 3.72. The molecule has 0 spiro atoms. The summed E-state index contributed by atoms with van der Waals surface area (Å²) in [4.78, 5) is 31.3. The second kappa shape index (κ2) is 8.01. The minimum atomic E-state index is -0.187. The zero-order chi connectivity index (χ0) is 17.7. The number of nitrogens with one attached hydrogen (secondary N) is 2. The number of hydrogen-bond acceptors (Lipinski definition) is 5. The van der Waals surface area contributed by atoms with Gasteiger partial charge >= 0.3 is 0 Å². The molecule has 1 aromatic heterocycles. The van der Waals surface area contributed by atoms with Gasteiger partial charge in [0.15, 0.2) is 5.16 Å². The van der Waals surface area contributed by atoms with Gasteiger partial charge < -0.3 is 15.0 Å². The van der Waals surface area contributed by atoms with Crippen molar-refractivity contribution in [3.8, 4) is 5.75 Å². The molecule has 1 heterocycles. The highest BCUT2D eigenvalue weighted by Gasteiger charge is 2.12. The number of ether oxygens (including phenoxy) is 1. The van der Waals surface area contributed by atoms with Gasteiger partial charge in [0.1, 0.15) is 5.75 Å². The maximum atomic E-state index is 12.2. The Bertz CT molecular complexity index is 802. The van der Waals surface area contributed by atoms with Crippen LogP contribution in [-0.4, -0.2) is 29.2 Å². The quantitative estimate of drug-likeness (QED) is 0.620. The Balaban J connectivity index is 2.07. The largest absolute Gasteiger partial charge is 0.495 e. The number of aromatic nitrogens is 2. The third-order valence-electron chi connectivity index (χ3n) is 3.63. The number of methoxy groups -OCH3 is 1. The lowest BCUT2D eigenvalue weighted by Crippen LogP contribution is -2.20. The number of aromatic amines is 1. The summed E-state index contributed by atoms with van der Waals surface area (Å²) in [7, 11) is 1.56. The van der Waals surface area contributed by atoms with Gasteiger partial charge in [-0.1, -0.05) is 17.8 Å². The number of H-pyrrole nitrogens is 1. The van der Waals surface area contributed by atoms with Gasteiger partial charge in [0.05, 0.1) is 12.8 Å². The molecule has 0 fully saturated rings. The number of aryl methyl sites for hydroxylation is 2. The second-order valence-corrected chi connectivity index (χ2v) is 6.19. The zero-order valence-electron chi connectivity index (χ0n) is 14.2. The van der Waals surface area contributed by atoms with E-state index in [4.69, 9.17) is 4.74 Å². The Morgan fingerprint density at radius 3 is 2.75 bits per heavy atom. The summed E-state index contributed by atoms with van der Waals surface area (Å²) in [6.07, 6.45) is 2.38. The van der Waals surface area contributed by atoms with Crippen LogP contribution >= 0.6 is 11.8 Å². The van der Waals surface area contributed by atoms with Crippen molar-refractivity contribution in [1.82, 2.24) is 9.97 Å². The molecule has 0 aliphatic carbocycles. The van der Waals surface area contributed by atoms with E-state index in [9.17, 15) is 9.59 Å². The minimum Gasteiger partial charge on any atom is -0.495 e. The monoisotopic (exact) mass is 347 g/mol. The van der Waals surface area contributed by atoms with Gasteiger partial charge in [-0.25, -0.2) is 4.98 Å². The van der Waals surface area contributed by atoms with Gasteiger partial charge in [0, 0.05) is 17.7 Å². The third kappa shape index (κ3) is 4.38. The highest BCUT2D eigenvalue weighted by Crippen LogP contribution is 2.25. The molecule has 0 bridgehead atoms. The first-order valence-corrected chi connectivity index (χ1v) is 8.75. The molecular formula is C17H21N3O3S. The first kappa shape index (κ1) is 18.1. The van der Waals surface area contributed by atoms with Crippen molar-refractivity contribution >= 4 is 23.4 Å². The van der Waals surface area contributed by atoms with Crippen LogP contribution in [-0.2, 0) is 11.2 Å². The maximum absolute atomic E-state index is 12.2. The predicted molar refractivity (Wildman–Crippen MR) is 96.1 cm³/mol. The highest BCUT2D eigenvalue weighted by molar-refractivity contribution is 7.98. The number of nitrogens with zero attached hydrogens (tertiary/aromatic N) is 1. The maximum Gasteiger partial charge on any atom is 0.254 e. The lowest BCUT2D eigenvalue weighted by molar-refractivity contribution is -0.116. The SMILES string of the molecule is COc1ccc(C)cc1NC(=O)CCc1c(C)nc(SC)[nH]c1=O. The molecule has 2 rings (SSSR count). The van der Waals surface area contributed by atoms with E-state index in [0.29, 0.717) is 34.3 Å². The average Bonchev–Trinajstić information content (AvgIpc) is 2.54. The van der Waals surface area contributed by atoms with Crippen LogP contribution in [0.5, 0.6) is 5.75 Å². The summed E-state index contributed by atoms with van der Waals surface area (Å²) in [5, 5.41) is 3.41. The molecule has 6 nitrogen and oxygen atoms in total. The zero-order valence-corrected chi connectivity index (χ0v) is 15.0. The van der Waals surface area contributed by atoms with Crippen LogP contribution in [0.15, 0.2) is 28.2 Å². The topological polar surface area (TPSA) is 84.1 Å². The summed E-state index contributed by atoms with van der Waals surface area (Å²) >= 11 is 1.38. The molecule has 2 N–H and O–H groups in total. The molecule has 0 atom stereocenters. The van der Waals surface area contributed by atoms with Crippen molar-refractivity contribution in [2.45, 2.75) is 31.8 Å². The van der Waals surface area contributed by atoms with E-state index in [1.807, 2.05) is 31.4 Å². The standard InChI is InChI=1S/C17H21N3O3S/c1-10-5-7-14(23-3)13(9-10)19-15(21)8-6-12-11(2)18-17(24-4)20-16(12)22/h5,7,9H,6,8H2,1-4H3,(H,19,21)(H,18,20,22). The van der Waals surface area contributed by atoms with E-state index in [1.54, 1.807) is 14.0 Å². The number of amides is 1. The number of thioether (sulfide) groups is 1. The van der Waals surface area contributed by atoms with Crippen molar-refractivity contribution in [2.75, 3.05) is 18.7 Å². The number of anilines is 1. The predicted octanol–water partition coefficient (Wildman–Crippen LogP) is 2.69. The van der Waals surface area contributed by atoms with Crippen LogP contribution in [0.3, 0.4) is 0 Å². The van der Waals surface area contributed by atoms with E-state index in [0.717, 1.165) is 5.56 Å². The molecule has 0 aliphatic heterocycles. The van der Waals surface area contributed by atoms with E-state index >= 15 is 0 Å². The van der Waals surface area contributed by atoms with Crippen LogP contribution in [0.2, 0.25) is 0 Å². The normalized spacial score (nSPS) is 10.5. The summed E-state index contributed by atoms with van der Waals surface area (Å²) in [5.74, 6) is 0.431. The van der Waals surface area contributed by atoms with Gasteiger partial charge in [0.2, 0.25) is 5.91 Å². The number of benzene rings is 1. The summed E-state index contributed by atoms with van der Waals surface area (Å²) < 4.78 is 5.25. The van der Waals surface area contributed by atoms with Crippen molar-refractivity contribution in [3.05, 3.63) is 45.4 Å². The van der Waals surface area contributed by atoms with Crippen LogP contribution in [0.4, 0.5) is 5.69 Å². The highest BCUT2D eigenvalue weighted by atomic mass is 32.2. The second-order valence-electron chi connectivity index (χ2n) is 5.39. The molecule has 0 saturated carbocycles. The van der Waals surface area contributed by atoms with Crippen LogP contribution in [0, 0.1) is 13.8 Å². The molecule has 0 saturated heterocycles. The molecule has 2 aromatic rings.